The SMILES string of the molecule is COc1cc(F)cc(N2CCc3oc(-c4ccccn4)nc3C2)c1. The molecule has 0 amide bonds. The summed E-state index contributed by atoms with van der Waals surface area (Å²) in [5.74, 6) is 1.59. The number of aromatic nitrogens is 2. The van der Waals surface area contributed by atoms with Crippen LogP contribution in [0.25, 0.3) is 11.6 Å². The lowest BCUT2D eigenvalue weighted by atomic mass is 10.1. The number of hydrogen-bond acceptors (Lipinski definition) is 5. The molecule has 24 heavy (non-hydrogen) atoms. The summed E-state index contributed by atoms with van der Waals surface area (Å²) in [6.07, 6.45) is 2.43. The van der Waals surface area contributed by atoms with Crippen molar-refractivity contribution in [3.63, 3.8) is 0 Å². The van der Waals surface area contributed by atoms with Crippen molar-refractivity contribution in [2.45, 2.75) is 13.0 Å². The molecule has 1 aromatic carbocycles. The lowest BCUT2D eigenvalue weighted by Crippen LogP contribution is -2.30. The Bertz CT molecular complexity index is 864. The number of ether oxygens (including phenoxy) is 1. The van der Waals surface area contributed by atoms with Crippen molar-refractivity contribution in [2.24, 2.45) is 0 Å². The highest BCUT2D eigenvalue weighted by molar-refractivity contribution is 5.53. The number of methoxy groups -OCH3 is 1. The van der Waals surface area contributed by atoms with Crippen LogP contribution >= 0.6 is 0 Å². The van der Waals surface area contributed by atoms with Crippen LogP contribution in [0.2, 0.25) is 0 Å². The van der Waals surface area contributed by atoms with E-state index in [9.17, 15) is 4.39 Å². The fourth-order valence-electron chi connectivity index (χ4n) is 2.87. The zero-order chi connectivity index (χ0) is 16.5. The van der Waals surface area contributed by atoms with Gasteiger partial charge in [-0.2, -0.15) is 0 Å². The Hall–Kier alpha value is -2.89. The molecular weight excluding hydrogens is 309 g/mol. The van der Waals surface area contributed by atoms with Gasteiger partial charge in [0.15, 0.2) is 0 Å². The van der Waals surface area contributed by atoms with E-state index in [1.807, 2.05) is 24.3 Å². The van der Waals surface area contributed by atoms with E-state index in [0.29, 0.717) is 30.3 Å². The fourth-order valence-corrected chi connectivity index (χ4v) is 2.87. The Labute approximate surface area is 138 Å². The van der Waals surface area contributed by atoms with Gasteiger partial charge in [-0.3, -0.25) is 4.98 Å². The van der Waals surface area contributed by atoms with E-state index < -0.39 is 0 Å². The molecule has 0 spiro atoms. The molecule has 0 fully saturated rings. The van der Waals surface area contributed by atoms with Gasteiger partial charge in [0.1, 0.15) is 28.7 Å². The maximum atomic E-state index is 13.7. The van der Waals surface area contributed by atoms with Gasteiger partial charge in [0.2, 0.25) is 5.89 Å². The van der Waals surface area contributed by atoms with Crippen LogP contribution in [0, 0.1) is 5.82 Å². The van der Waals surface area contributed by atoms with Gasteiger partial charge in [-0.05, 0) is 18.2 Å². The van der Waals surface area contributed by atoms with Gasteiger partial charge in [-0.1, -0.05) is 6.07 Å². The Balaban J connectivity index is 1.62. The lowest BCUT2D eigenvalue weighted by molar-refractivity contribution is 0.411. The largest absolute Gasteiger partial charge is 0.497 e. The van der Waals surface area contributed by atoms with Crippen molar-refractivity contribution >= 4 is 5.69 Å². The van der Waals surface area contributed by atoms with Gasteiger partial charge >= 0.3 is 0 Å². The number of fused-ring (bicyclic) bond motifs is 1. The maximum absolute atomic E-state index is 13.7. The standard InChI is InChI=1S/C18H16FN3O2/c1-23-14-9-12(19)8-13(10-14)22-7-5-17-16(11-22)21-18(24-17)15-4-2-3-6-20-15/h2-4,6,8-10H,5,7,11H2,1H3. The molecule has 0 unspecified atom stereocenters. The first-order chi connectivity index (χ1) is 11.7. The minimum absolute atomic E-state index is 0.315. The molecule has 0 saturated heterocycles. The number of nitrogens with zero attached hydrogens (tertiary/aromatic N) is 3. The molecule has 122 valence electrons. The summed E-state index contributed by atoms with van der Waals surface area (Å²) >= 11 is 0. The summed E-state index contributed by atoms with van der Waals surface area (Å²) in [6.45, 7) is 1.30. The summed E-state index contributed by atoms with van der Waals surface area (Å²) in [7, 11) is 1.53. The van der Waals surface area contributed by atoms with Gasteiger partial charge in [-0.15, -0.1) is 0 Å². The van der Waals surface area contributed by atoms with Gasteiger partial charge in [0.05, 0.1) is 13.7 Å². The molecule has 0 N–H and O–H groups in total. The number of pyridine rings is 1. The summed E-state index contributed by atoms with van der Waals surface area (Å²) in [5, 5.41) is 0. The Morgan fingerprint density at radius 3 is 2.96 bits per heavy atom. The van der Waals surface area contributed by atoms with Gasteiger partial charge in [-0.25, -0.2) is 9.37 Å². The monoisotopic (exact) mass is 325 g/mol. The molecule has 1 aliphatic rings. The van der Waals surface area contributed by atoms with Crippen LogP contribution in [-0.2, 0) is 13.0 Å². The molecule has 6 heteroatoms. The van der Waals surface area contributed by atoms with Gasteiger partial charge < -0.3 is 14.1 Å². The van der Waals surface area contributed by atoms with E-state index in [4.69, 9.17) is 9.15 Å². The highest BCUT2D eigenvalue weighted by atomic mass is 19.1. The first-order valence-electron chi connectivity index (χ1n) is 7.72. The molecule has 3 heterocycles. The normalized spacial score (nSPS) is 13.7. The second-order valence-corrected chi connectivity index (χ2v) is 5.62. The van der Waals surface area contributed by atoms with E-state index in [1.165, 1.54) is 19.2 Å². The number of anilines is 1. The van der Waals surface area contributed by atoms with Gasteiger partial charge in [0.25, 0.3) is 0 Å². The van der Waals surface area contributed by atoms with Crippen LogP contribution < -0.4 is 9.64 Å². The summed E-state index contributed by atoms with van der Waals surface area (Å²) in [6, 6.07) is 10.3. The van der Waals surface area contributed by atoms with E-state index in [2.05, 4.69) is 14.9 Å². The van der Waals surface area contributed by atoms with Crippen molar-refractivity contribution < 1.29 is 13.5 Å². The topological polar surface area (TPSA) is 51.4 Å². The third-order valence-corrected chi connectivity index (χ3v) is 4.07. The van der Waals surface area contributed by atoms with Crippen LogP contribution in [0.4, 0.5) is 10.1 Å². The average Bonchev–Trinajstić information content (AvgIpc) is 3.05. The van der Waals surface area contributed by atoms with Crippen molar-refractivity contribution in [1.29, 1.82) is 0 Å². The minimum Gasteiger partial charge on any atom is -0.497 e. The minimum atomic E-state index is -0.315. The lowest BCUT2D eigenvalue weighted by Gasteiger charge is -2.27. The van der Waals surface area contributed by atoms with Crippen LogP contribution in [0.5, 0.6) is 5.75 Å². The molecule has 2 aromatic heterocycles. The first kappa shape index (κ1) is 14.7. The van der Waals surface area contributed by atoms with Crippen LogP contribution in [0.3, 0.4) is 0 Å². The predicted molar refractivity (Wildman–Crippen MR) is 87.4 cm³/mol. The Morgan fingerprint density at radius 1 is 1.25 bits per heavy atom. The third-order valence-electron chi connectivity index (χ3n) is 4.07. The molecule has 0 saturated carbocycles. The van der Waals surface area contributed by atoms with Crippen molar-refractivity contribution in [2.75, 3.05) is 18.6 Å². The quantitative estimate of drug-likeness (QED) is 0.738. The number of oxazole rings is 1. The third kappa shape index (κ3) is 2.71. The predicted octanol–water partition coefficient (Wildman–Crippen LogP) is 3.45. The maximum Gasteiger partial charge on any atom is 0.245 e. The second-order valence-electron chi connectivity index (χ2n) is 5.62. The number of hydrogen-bond donors (Lipinski definition) is 0. The summed E-state index contributed by atoms with van der Waals surface area (Å²) < 4.78 is 24.7. The Kier molecular flexibility index (Phi) is 3.65. The number of rotatable bonds is 3. The zero-order valence-electron chi connectivity index (χ0n) is 13.2. The van der Waals surface area contributed by atoms with Crippen molar-refractivity contribution in [1.82, 2.24) is 9.97 Å². The average molecular weight is 325 g/mol. The van der Waals surface area contributed by atoms with E-state index in [-0.39, 0.29) is 5.82 Å². The van der Waals surface area contributed by atoms with Gasteiger partial charge in [0, 0.05) is 37.0 Å². The molecule has 0 radical (unpaired) electrons. The van der Waals surface area contributed by atoms with E-state index in [0.717, 1.165) is 23.7 Å². The highest BCUT2D eigenvalue weighted by Crippen LogP contribution is 2.30. The van der Waals surface area contributed by atoms with Crippen LogP contribution in [-0.4, -0.2) is 23.6 Å². The fraction of sp³-hybridized carbons (Fsp3) is 0.222. The molecule has 3 aromatic rings. The van der Waals surface area contributed by atoms with Crippen LogP contribution in [0.15, 0.2) is 47.0 Å². The number of benzene rings is 1. The highest BCUT2D eigenvalue weighted by Gasteiger charge is 2.24. The Morgan fingerprint density at radius 2 is 2.17 bits per heavy atom. The smallest absolute Gasteiger partial charge is 0.245 e. The molecule has 1 aliphatic heterocycles. The molecular formula is C18H16FN3O2. The zero-order valence-corrected chi connectivity index (χ0v) is 13.2. The van der Waals surface area contributed by atoms with E-state index >= 15 is 0 Å². The van der Waals surface area contributed by atoms with Crippen LogP contribution in [0.1, 0.15) is 11.5 Å². The van der Waals surface area contributed by atoms with Crippen molar-refractivity contribution in [3.05, 3.63) is 59.9 Å². The second kappa shape index (κ2) is 5.96. The van der Waals surface area contributed by atoms with Crippen molar-refractivity contribution in [3.8, 4) is 17.3 Å². The molecule has 0 atom stereocenters. The first-order valence-corrected chi connectivity index (χ1v) is 7.72. The van der Waals surface area contributed by atoms with E-state index in [1.54, 1.807) is 6.20 Å². The molecule has 5 nitrogen and oxygen atoms in total. The summed E-state index contributed by atoms with van der Waals surface area (Å²) in [4.78, 5) is 10.9. The molecule has 0 bridgehead atoms. The molecule has 4 rings (SSSR count). The molecule has 0 aliphatic carbocycles. The summed E-state index contributed by atoms with van der Waals surface area (Å²) in [5.41, 5.74) is 2.36. The number of halogens is 1.